The molecule has 22 heavy (non-hydrogen) atoms. The minimum absolute atomic E-state index is 0.176. The van der Waals surface area contributed by atoms with Crippen LogP contribution in [0.2, 0.25) is 0 Å². The molecule has 0 saturated heterocycles. The van der Waals surface area contributed by atoms with Crippen molar-refractivity contribution >= 4 is 32.3 Å². The van der Waals surface area contributed by atoms with Crippen molar-refractivity contribution in [3.05, 3.63) is 52.1 Å². The quantitative estimate of drug-likeness (QED) is 0.797. The Morgan fingerprint density at radius 3 is 2.82 bits per heavy atom. The molecule has 0 amide bonds. The van der Waals surface area contributed by atoms with Gasteiger partial charge in [-0.15, -0.1) is 11.3 Å². The van der Waals surface area contributed by atoms with Gasteiger partial charge in [-0.05, 0) is 31.5 Å². The highest BCUT2D eigenvalue weighted by Gasteiger charge is 2.18. The zero-order valence-electron chi connectivity index (χ0n) is 12.2. The topological polar surface area (TPSA) is 72.0 Å². The number of rotatable bonds is 4. The summed E-state index contributed by atoms with van der Waals surface area (Å²) in [5, 5.41) is 3.58. The summed E-state index contributed by atoms with van der Waals surface area (Å²) in [6, 6.07) is 7.08. The van der Waals surface area contributed by atoms with Crippen LogP contribution in [0.25, 0.3) is 10.9 Å². The molecule has 0 aliphatic heterocycles. The molecule has 114 valence electrons. The molecule has 2 aromatic heterocycles. The van der Waals surface area contributed by atoms with E-state index >= 15 is 0 Å². The van der Waals surface area contributed by atoms with Crippen molar-refractivity contribution < 1.29 is 8.42 Å². The van der Waals surface area contributed by atoms with Crippen molar-refractivity contribution in [3.8, 4) is 0 Å². The maximum atomic E-state index is 12.5. The number of para-hydroxylation sites is 1. The lowest BCUT2D eigenvalue weighted by Crippen LogP contribution is -2.23. The van der Waals surface area contributed by atoms with Gasteiger partial charge in [0.15, 0.2) is 0 Å². The lowest BCUT2D eigenvalue weighted by molar-refractivity contribution is 0.581. The molecule has 3 rings (SSSR count). The number of hydrogen-bond donors (Lipinski definition) is 1. The standard InChI is InChI=1S/C15H15N3O2S2/c1-10-6-12-4-3-5-14(15(12)16-7-10)22(19,20)17-8-13-9-21-11(2)18-13/h3-7,9,17H,8H2,1-2H3. The van der Waals surface area contributed by atoms with E-state index in [4.69, 9.17) is 0 Å². The van der Waals surface area contributed by atoms with E-state index in [1.165, 1.54) is 11.3 Å². The summed E-state index contributed by atoms with van der Waals surface area (Å²) in [4.78, 5) is 8.72. The fourth-order valence-corrected chi connectivity index (χ4v) is 3.98. The van der Waals surface area contributed by atoms with Crippen LogP contribution in [0.4, 0.5) is 0 Å². The van der Waals surface area contributed by atoms with Crippen molar-refractivity contribution in [1.29, 1.82) is 0 Å². The minimum Gasteiger partial charge on any atom is -0.255 e. The molecule has 1 N–H and O–H groups in total. The first kappa shape index (κ1) is 15.1. The van der Waals surface area contributed by atoms with E-state index in [0.717, 1.165) is 21.7 Å². The van der Waals surface area contributed by atoms with E-state index in [1.807, 2.05) is 31.4 Å². The molecule has 2 heterocycles. The average molecular weight is 333 g/mol. The Hall–Kier alpha value is -1.83. The SMILES string of the molecule is Cc1cnc2c(S(=O)(=O)NCc3csc(C)n3)cccc2c1. The highest BCUT2D eigenvalue weighted by atomic mass is 32.2. The number of aromatic nitrogens is 2. The van der Waals surface area contributed by atoms with Gasteiger partial charge < -0.3 is 0 Å². The van der Waals surface area contributed by atoms with Gasteiger partial charge in [-0.1, -0.05) is 12.1 Å². The monoisotopic (exact) mass is 333 g/mol. The first-order valence-electron chi connectivity index (χ1n) is 6.72. The Labute approximate surface area is 133 Å². The van der Waals surface area contributed by atoms with Crippen molar-refractivity contribution in [3.63, 3.8) is 0 Å². The number of hydrogen-bond acceptors (Lipinski definition) is 5. The molecule has 0 radical (unpaired) electrons. The third-order valence-electron chi connectivity index (χ3n) is 3.21. The predicted octanol–water partition coefficient (Wildman–Crippen LogP) is 2.79. The second-order valence-corrected chi connectivity index (χ2v) is 7.82. The highest BCUT2D eigenvalue weighted by Crippen LogP contribution is 2.22. The molecule has 3 aromatic rings. The lowest BCUT2D eigenvalue weighted by Gasteiger charge is -2.08. The Kier molecular flexibility index (Phi) is 3.94. The van der Waals surface area contributed by atoms with Gasteiger partial charge in [0.05, 0.1) is 22.8 Å². The van der Waals surface area contributed by atoms with Crippen LogP contribution in [-0.4, -0.2) is 18.4 Å². The smallest absolute Gasteiger partial charge is 0.243 e. The first-order valence-corrected chi connectivity index (χ1v) is 9.08. The molecule has 0 bridgehead atoms. The van der Waals surface area contributed by atoms with E-state index in [1.54, 1.807) is 18.3 Å². The number of nitrogens with zero attached hydrogens (tertiary/aromatic N) is 2. The Bertz CT molecular complexity index is 933. The minimum atomic E-state index is -3.64. The molecule has 0 spiro atoms. The van der Waals surface area contributed by atoms with Crippen molar-refractivity contribution in [1.82, 2.24) is 14.7 Å². The maximum absolute atomic E-state index is 12.5. The molecule has 0 saturated carbocycles. The molecule has 0 aliphatic carbocycles. The fraction of sp³-hybridized carbons (Fsp3) is 0.200. The molecule has 0 atom stereocenters. The Morgan fingerprint density at radius 1 is 1.27 bits per heavy atom. The summed E-state index contributed by atoms with van der Waals surface area (Å²) >= 11 is 1.50. The normalized spacial score (nSPS) is 11.9. The summed E-state index contributed by atoms with van der Waals surface area (Å²) < 4.78 is 27.7. The second-order valence-electron chi connectivity index (χ2n) is 5.02. The summed E-state index contributed by atoms with van der Waals surface area (Å²) in [5.41, 5.74) is 2.19. The number of pyridine rings is 1. The second kappa shape index (κ2) is 5.75. The largest absolute Gasteiger partial charge is 0.255 e. The van der Waals surface area contributed by atoms with Gasteiger partial charge in [0, 0.05) is 17.0 Å². The van der Waals surface area contributed by atoms with Gasteiger partial charge in [-0.2, -0.15) is 0 Å². The average Bonchev–Trinajstić information content (AvgIpc) is 2.90. The van der Waals surface area contributed by atoms with Gasteiger partial charge in [0.2, 0.25) is 10.0 Å². The van der Waals surface area contributed by atoms with Crippen LogP contribution < -0.4 is 4.72 Å². The number of sulfonamides is 1. The van der Waals surface area contributed by atoms with Crippen LogP contribution >= 0.6 is 11.3 Å². The maximum Gasteiger partial charge on any atom is 0.243 e. The van der Waals surface area contributed by atoms with Crippen LogP contribution in [-0.2, 0) is 16.6 Å². The van der Waals surface area contributed by atoms with E-state index in [2.05, 4.69) is 14.7 Å². The lowest BCUT2D eigenvalue weighted by atomic mass is 10.2. The number of fused-ring (bicyclic) bond motifs is 1. The van der Waals surface area contributed by atoms with Crippen LogP contribution in [0.5, 0.6) is 0 Å². The number of thiazole rings is 1. The van der Waals surface area contributed by atoms with E-state index in [0.29, 0.717) is 5.52 Å². The number of nitrogens with one attached hydrogen (secondary N) is 1. The number of aryl methyl sites for hydroxylation is 2. The van der Waals surface area contributed by atoms with Gasteiger partial charge in [-0.3, -0.25) is 4.98 Å². The van der Waals surface area contributed by atoms with Crippen molar-refractivity contribution in [2.45, 2.75) is 25.3 Å². The molecule has 0 aliphatic rings. The Morgan fingerprint density at radius 2 is 2.09 bits per heavy atom. The van der Waals surface area contributed by atoms with Crippen LogP contribution in [0.15, 0.2) is 40.7 Å². The molecule has 0 fully saturated rings. The van der Waals surface area contributed by atoms with Crippen molar-refractivity contribution in [2.24, 2.45) is 0 Å². The van der Waals surface area contributed by atoms with Gasteiger partial charge >= 0.3 is 0 Å². The highest BCUT2D eigenvalue weighted by molar-refractivity contribution is 7.89. The molecular formula is C15H15N3O2S2. The molecule has 0 unspecified atom stereocenters. The van der Waals surface area contributed by atoms with E-state index < -0.39 is 10.0 Å². The first-order chi connectivity index (χ1) is 10.5. The van der Waals surface area contributed by atoms with Crippen LogP contribution in [0.3, 0.4) is 0 Å². The van der Waals surface area contributed by atoms with Gasteiger partial charge in [-0.25, -0.2) is 18.1 Å². The molecule has 1 aromatic carbocycles. The third-order valence-corrected chi connectivity index (χ3v) is 5.47. The van der Waals surface area contributed by atoms with E-state index in [-0.39, 0.29) is 11.4 Å². The predicted molar refractivity (Wildman–Crippen MR) is 87.4 cm³/mol. The molecular weight excluding hydrogens is 318 g/mol. The third kappa shape index (κ3) is 3.01. The summed E-state index contributed by atoms with van der Waals surface area (Å²) in [7, 11) is -3.64. The zero-order chi connectivity index (χ0) is 15.7. The summed E-state index contributed by atoms with van der Waals surface area (Å²) in [6.07, 6.45) is 1.67. The van der Waals surface area contributed by atoms with Crippen LogP contribution in [0.1, 0.15) is 16.3 Å². The van der Waals surface area contributed by atoms with Crippen LogP contribution in [0, 0.1) is 13.8 Å². The Balaban J connectivity index is 1.95. The molecule has 5 nitrogen and oxygen atoms in total. The van der Waals surface area contributed by atoms with Gasteiger partial charge in [0.1, 0.15) is 4.90 Å². The van der Waals surface area contributed by atoms with Crippen molar-refractivity contribution in [2.75, 3.05) is 0 Å². The number of benzene rings is 1. The van der Waals surface area contributed by atoms with E-state index in [9.17, 15) is 8.42 Å². The molecule has 7 heteroatoms. The fourth-order valence-electron chi connectivity index (χ4n) is 2.20. The summed E-state index contributed by atoms with van der Waals surface area (Å²) in [6.45, 7) is 3.99. The zero-order valence-corrected chi connectivity index (χ0v) is 13.8. The summed E-state index contributed by atoms with van der Waals surface area (Å²) in [5.74, 6) is 0. The van der Waals surface area contributed by atoms with Gasteiger partial charge in [0.25, 0.3) is 0 Å².